The minimum Gasteiger partial charge on any atom is -0.127 e. The highest BCUT2D eigenvalue weighted by molar-refractivity contribution is 6.17. The van der Waals surface area contributed by atoms with Crippen LogP contribution < -0.4 is 0 Å². The van der Waals surface area contributed by atoms with E-state index in [0.29, 0.717) is 5.92 Å². The van der Waals surface area contributed by atoms with Crippen molar-refractivity contribution in [1.82, 2.24) is 0 Å². The lowest BCUT2D eigenvalue weighted by atomic mass is 9.87. The van der Waals surface area contributed by atoms with Crippen LogP contribution in [0, 0.1) is 13.8 Å². The number of benzene rings is 2. The lowest BCUT2D eigenvalue weighted by Gasteiger charge is -2.18. The van der Waals surface area contributed by atoms with Crippen LogP contribution in [0.2, 0.25) is 0 Å². The zero-order valence-corrected chi connectivity index (χ0v) is 12.5. The molecule has 2 aromatic rings. The van der Waals surface area contributed by atoms with Crippen LogP contribution in [-0.4, -0.2) is 5.88 Å². The number of alkyl halides is 1. The molecule has 2 rings (SSSR count). The summed E-state index contributed by atoms with van der Waals surface area (Å²) in [6, 6.07) is 17.7. The summed E-state index contributed by atoms with van der Waals surface area (Å²) in [5.74, 6) is 1.19. The Bertz CT molecular complexity index is 451. The molecule has 100 valence electrons. The normalized spacial score (nSPS) is 10.9. The topological polar surface area (TPSA) is 0 Å². The molecule has 0 saturated heterocycles. The summed E-state index contributed by atoms with van der Waals surface area (Å²) in [6.07, 6.45) is 2.16. The zero-order chi connectivity index (χ0) is 13.7. The lowest BCUT2D eigenvalue weighted by molar-refractivity contribution is 0.701. The summed E-state index contributed by atoms with van der Waals surface area (Å²) >= 11 is 5.87. The molecule has 0 spiro atoms. The number of hydrogen-bond donors (Lipinski definition) is 0. The van der Waals surface area contributed by atoms with Crippen LogP contribution in [0.4, 0.5) is 0 Å². The first-order valence-corrected chi connectivity index (χ1v) is 7.43. The van der Waals surface area contributed by atoms with Crippen molar-refractivity contribution < 1.29 is 0 Å². The summed E-state index contributed by atoms with van der Waals surface area (Å²) in [6.45, 7) is 4.26. The Morgan fingerprint density at radius 2 is 1.21 bits per heavy atom. The van der Waals surface area contributed by atoms with Crippen molar-refractivity contribution >= 4 is 11.6 Å². The van der Waals surface area contributed by atoms with Gasteiger partial charge in [0.25, 0.3) is 0 Å². The van der Waals surface area contributed by atoms with Gasteiger partial charge in [0.1, 0.15) is 0 Å². The molecule has 0 fully saturated rings. The molecule has 1 heteroatoms. The van der Waals surface area contributed by atoms with Crippen LogP contribution in [0.3, 0.4) is 0 Å². The Morgan fingerprint density at radius 3 is 1.58 bits per heavy atom. The first-order valence-electron chi connectivity index (χ1n) is 6.90. The lowest BCUT2D eigenvalue weighted by Crippen LogP contribution is -2.02. The average molecular weight is 273 g/mol. The summed E-state index contributed by atoms with van der Waals surface area (Å²) in [7, 11) is 0. The largest absolute Gasteiger partial charge is 0.127 e. The van der Waals surface area contributed by atoms with Gasteiger partial charge in [0.05, 0.1) is 0 Å². The molecule has 0 aliphatic heterocycles. The van der Waals surface area contributed by atoms with Crippen molar-refractivity contribution in [3.8, 4) is 0 Å². The van der Waals surface area contributed by atoms with Gasteiger partial charge in [0, 0.05) is 11.8 Å². The molecule has 0 radical (unpaired) electrons. The molecule has 0 heterocycles. The van der Waals surface area contributed by atoms with E-state index in [1.807, 2.05) is 0 Å². The second kappa shape index (κ2) is 6.77. The Kier molecular flexibility index (Phi) is 5.04. The molecule has 0 atom stereocenters. The summed E-state index contributed by atoms with van der Waals surface area (Å²) < 4.78 is 0. The first-order chi connectivity index (χ1) is 9.20. The summed E-state index contributed by atoms with van der Waals surface area (Å²) in [5.41, 5.74) is 5.40. The maximum Gasteiger partial charge on any atom is 0.0223 e. The van der Waals surface area contributed by atoms with E-state index < -0.39 is 0 Å². The Morgan fingerprint density at radius 1 is 0.789 bits per heavy atom. The van der Waals surface area contributed by atoms with Crippen molar-refractivity contribution in [2.75, 3.05) is 5.88 Å². The molecule has 19 heavy (non-hydrogen) atoms. The van der Waals surface area contributed by atoms with Gasteiger partial charge < -0.3 is 0 Å². The Hall–Kier alpha value is -1.27. The van der Waals surface area contributed by atoms with Crippen molar-refractivity contribution in [3.05, 3.63) is 70.8 Å². The van der Waals surface area contributed by atoms with E-state index in [0.717, 1.165) is 18.7 Å². The van der Waals surface area contributed by atoms with Gasteiger partial charge in [0.15, 0.2) is 0 Å². The van der Waals surface area contributed by atoms with E-state index in [1.165, 1.54) is 22.3 Å². The standard InChI is InChI=1S/C18H21Cl/c1-14-5-9-16(10-6-14)18(4-3-13-19)17-11-7-15(2)8-12-17/h5-12,18H,3-4,13H2,1-2H3. The molecule has 0 aliphatic rings. The van der Waals surface area contributed by atoms with Crippen LogP contribution in [-0.2, 0) is 0 Å². The van der Waals surface area contributed by atoms with E-state index in [9.17, 15) is 0 Å². The highest BCUT2D eigenvalue weighted by Crippen LogP contribution is 2.29. The molecule has 0 amide bonds. The van der Waals surface area contributed by atoms with Crippen LogP contribution in [0.5, 0.6) is 0 Å². The number of rotatable bonds is 5. The van der Waals surface area contributed by atoms with Gasteiger partial charge >= 0.3 is 0 Å². The van der Waals surface area contributed by atoms with Crippen LogP contribution in [0.1, 0.15) is 41.0 Å². The third-order valence-corrected chi connectivity index (χ3v) is 3.85. The highest BCUT2D eigenvalue weighted by atomic mass is 35.5. The molecule has 0 aliphatic carbocycles. The highest BCUT2D eigenvalue weighted by Gasteiger charge is 2.13. The van der Waals surface area contributed by atoms with Crippen molar-refractivity contribution in [1.29, 1.82) is 0 Å². The van der Waals surface area contributed by atoms with Gasteiger partial charge in [-0.05, 0) is 37.8 Å². The predicted octanol–water partition coefficient (Wildman–Crippen LogP) is 5.45. The second-order valence-electron chi connectivity index (χ2n) is 5.21. The fourth-order valence-electron chi connectivity index (χ4n) is 2.40. The smallest absolute Gasteiger partial charge is 0.0223 e. The molecule has 0 aromatic heterocycles. The summed E-state index contributed by atoms with van der Waals surface area (Å²) in [4.78, 5) is 0. The SMILES string of the molecule is Cc1ccc(C(CCCCl)c2ccc(C)cc2)cc1. The van der Waals surface area contributed by atoms with E-state index in [-0.39, 0.29) is 0 Å². The molecule has 0 N–H and O–H groups in total. The molecular formula is C18H21Cl. The van der Waals surface area contributed by atoms with E-state index in [2.05, 4.69) is 62.4 Å². The zero-order valence-electron chi connectivity index (χ0n) is 11.7. The third-order valence-electron chi connectivity index (χ3n) is 3.59. The number of aryl methyl sites for hydroxylation is 2. The van der Waals surface area contributed by atoms with Crippen molar-refractivity contribution in [2.24, 2.45) is 0 Å². The second-order valence-corrected chi connectivity index (χ2v) is 5.58. The van der Waals surface area contributed by atoms with Gasteiger partial charge in [0.2, 0.25) is 0 Å². The van der Waals surface area contributed by atoms with Crippen LogP contribution in [0.15, 0.2) is 48.5 Å². The molecule has 0 unspecified atom stereocenters. The third kappa shape index (κ3) is 3.84. The molecular weight excluding hydrogens is 252 g/mol. The molecule has 2 aromatic carbocycles. The maximum atomic E-state index is 5.87. The van der Waals surface area contributed by atoms with Crippen molar-refractivity contribution in [3.63, 3.8) is 0 Å². The minimum absolute atomic E-state index is 0.458. The van der Waals surface area contributed by atoms with Gasteiger partial charge in [-0.25, -0.2) is 0 Å². The fraction of sp³-hybridized carbons (Fsp3) is 0.333. The molecule has 0 saturated carbocycles. The average Bonchev–Trinajstić information content (AvgIpc) is 2.43. The minimum atomic E-state index is 0.458. The Balaban J connectivity index is 2.29. The van der Waals surface area contributed by atoms with E-state index >= 15 is 0 Å². The van der Waals surface area contributed by atoms with Gasteiger partial charge in [-0.3, -0.25) is 0 Å². The number of halogens is 1. The quantitative estimate of drug-likeness (QED) is 0.635. The van der Waals surface area contributed by atoms with Gasteiger partial charge in [-0.2, -0.15) is 0 Å². The van der Waals surface area contributed by atoms with Crippen LogP contribution >= 0.6 is 11.6 Å². The summed E-state index contributed by atoms with van der Waals surface area (Å²) in [5, 5.41) is 0. The van der Waals surface area contributed by atoms with Gasteiger partial charge in [-0.1, -0.05) is 59.7 Å². The first kappa shape index (κ1) is 14.1. The maximum absolute atomic E-state index is 5.87. The van der Waals surface area contributed by atoms with Gasteiger partial charge in [-0.15, -0.1) is 11.6 Å². The number of hydrogen-bond acceptors (Lipinski definition) is 0. The molecule has 0 bridgehead atoms. The van der Waals surface area contributed by atoms with Crippen molar-refractivity contribution in [2.45, 2.75) is 32.6 Å². The Labute approximate surface area is 121 Å². The van der Waals surface area contributed by atoms with E-state index in [1.54, 1.807) is 0 Å². The molecule has 0 nitrogen and oxygen atoms in total. The fourth-order valence-corrected chi connectivity index (χ4v) is 2.56. The monoisotopic (exact) mass is 272 g/mol. The predicted molar refractivity (Wildman–Crippen MR) is 84.2 cm³/mol. The van der Waals surface area contributed by atoms with Crippen LogP contribution in [0.25, 0.3) is 0 Å². The van der Waals surface area contributed by atoms with E-state index in [4.69, 9.17) is 11.6 Å².